The summed E-state index contributed by atoms with van der Waals surface area (Å²) in [4.78, 5) is 84.6. The van der Waals surface area contributed by atoms with Crippen LogP contribution in [0.5, 0.6) is 0 Å². The van der Waals surface area contributed by atoms with E-state index >= 15 is 0 Å². The van der Waals surface area contributed by atoms with Crippen molar-refractivity contribution in [3.8, 4) is 6.07 Å². The number of piperidine rings is 1. The van der Waals surface area contributed by atoms with Crippen molar-refractivity contribution in [2.24, 2.45) is 35.5 Å². The Morgan fingerprint density at radius 1 is 0.915 bits per heavy atom. The number of fused-ring (bicyclic) bond motifs is 3. The number of esters is 1. The van der Waals surface area contributed by atoms with Gasteiger partial charge in [0.25, 0.3) is 11.7 Å². The smallest absolute Gasteiger partial charge is 0.408 e. The summed E-state index contributed by atoms with van der Waals surface area (Å²) < 4.78 is 35.2. The lowest BCUT2D eigenvalue weighted by atomic mass is 9.78. The molecule has 2 bridgehead atoms. The predicted octanol–water partition coefficient (Wildman–Crippen LogP) is 6.44. The van der Waals surface area contributed by atoms with Gasteiger partial charge in [-0.05, 0) is 107 Å². The van der Waals surface area contributed by atoms with Crippen molar-refractivity contribution in [2.45, 2.75) is 180 Å². The maximum Gasteiger partial charge on any atom is 0.408 e. The van der Waals surface area contributed by atoms with Crippen LogP contribution in [0.25, 0.3) is 0 Å². The Bertz CT molecular complexity index is 2010. The molecule has 0 aromatic carbocycles. The molecule has 2 amide bonds. The van der Waals surface area contributed by atoms with Crippen LogP contribution in [0.2, 0.25) is 0 Å². The summed E-state index contributed by atoms with van der Waals surface area (Å²) in [5.74, 6) is -8.46. The molecule has 3 heterocycles. The number of hydrogen-bond donors (Lipinski definition) is 3. The zero-order valence-electron chi connectivity index (χ0n) is 43.6. The number of carbonyl (C=O) groups excluding carboxylic acids is 6. The molecule has 3 N–H and O–H groups in total. The van der Waals surface area contributed by atoms with Crippen molar-refractivity contribution in [3.05, 3.63) is 47.6 Å². The second-order valence-electron chi connectivity index (χ2n) is 20.5. The molecule has 17 nitrogen and oxygen atoms in total. The van der Waals surface area contributed by atoms with Crippen molar-refractivity contribution >= 4 is 35.3 Å². The zero-order valence-corrected chi connectivity index (χ0v) is 43.6. The van der Waals surface area contributed by atoms with Gasteiger partial charge in [-0.3, -0.25) is 19.2 Å². The molecule has 0 aromatic rings. The predicted molar refractivity (Wildman–Crippen MR) is 263 cm³/mol. The number of rotatable bonds is 8. The van der Waals surface area contributed by atoms with Gasteiger partial charge in [0.1, 0.15) is 42.8 Å². The number of nitrogens with one attached hydrogen (secondary N) is 1. The van der Waals surface area contributed by atoms with Gasteiger partial charge in [0.15, 0.2) is 5.78 Å². The van der Waals surface area contributed by atoms with Gasteiger partial charge in [-0.25, -0.2) is 9.59 Å². The molecule has 9 unspecified atom stereocenters. The number of Topliss-reactive ketones (excluding diaryl/α,β-unsaturated/α-hetero) is 3. The molecule has 17 heteroatoms. The first kappa shape index (κ1) is 59.0. The van der Waals surface area contributed by atoms with Crippen LogP contribution in [0.1, 0.15) is 126 Å². The number of aliphatic hydroxyl groups is 2. The number of ketones is 3. The van der Waals surface area contributed by atoms with E-state index in [4.69, 9.17) is 33.7 Å². The normalized spacial score (nSPS) is 37.7. The number of cyclic esters (lactones) is 1. The number of nitrogens with zero attached hydrogens (tertiary/aromatic N) is 2. The fraction of sp³-hybridized carbons (Fsp3) is 0.722. The first-order chi connectivity index (χ1) is 33.7. The summed E-state index contributed by atoms with van der Waals surface area (Å²) in [6.45, 7) is 12.4. The minimum Gasteiger partial charge on any atom is -0.460 e. The lowest BCUT2D eigenvalue weighted by molar-refractivity contribution is -0.265. The van der Waals surface area contributed by atoms with Gasteiger partial charge in [0.2, 0.25) is 5.79 Å². The van der Waals surface area contributed by atoms with Crippen molar-refractivity contribution in [3.63, 3.8) is 0 Å². The molecular weight excluding hydrogens is 915 g/mol. The maximum absolute atomic E-state index is 14.5. The van der Waals surface area contributed by atoms with Gasteiger partial charge in [-0.2, -0.15) is 5.26 Å². The number of alkyl carbamates (subject to hydrolysis) is 1. The minimum absolute atomic E-state index is 0.000744. The molecule has 1 aliphatic carbocycles. The molecule has 0 radical (unpaired) electrons. The van der Waals surface area contributed by atoms with Gasteiger partial charge < -0.3 is 48.9 Å². The highest BCUT2D eigenvalue weighted by molar-refractivity contribution is 6.39. The number of ether oxygens (including phenoxy) is 6. The highest BCUT2D eigenvalue weighted by atomic mass is 16.6. The number of carbonyl (C=O) groups is 6. The van der Waals surface area contributed by atoms with Crippen LogP contribution in [0, 0.1) is 46.8 Å². The molecule has 4 rings (SSSR count). The number of aliphatic hydroxyl groups excluding tert-OH is 1. The second kappa shape index (κ2) is 28.0. The van der Waals surface area contributed by atoms with Crippen molar-refractivity contribution in [2.75, 3.05) is 34.4 Å². The van der Waals surface area contributed by atoms with Crippen LogP contribution in [-0.4, -0.2) is 139 Å². The van der Waals surface area contributed by atoms with E-state index < -0.39 is 102 Å². The number of methoxy groups -OCH3 is 3. The van der Waals surface area contributed by atoms with E-state index in [0.717, 1.165) is 5.57 Å². The molecule has 0 aromatic heterocycles. The highest BCUT2D eigenvalue weighted by Gasteiger charge is 2.53. The molecular formula is C54H81N3O14. The van der Waals surface area contributed by atoms with Crippen LogP contribution in [0.3, 0.4) is 0 Å². The average Bonchev–Trinajstić information content (AvgIpc) is 3.35. The lowest BCUT2D eigenvalue weighted by Crippen LogP contribution is -2.61. The van der Waals surface area contributed by atoms with Gasteiger partial charge >= 0.3 is 12.1 Å². The summed E-state index contributed by atoms with van der Waals surface area (Å²) in [5, 5.41) is 34.7. The Balaban J connectivity index is 1.69. The van der Waals surface area contributed by atoms with Crippen molar-refractivity contribution in [1.82, 2.24) is 10.2 Å². The molecule has 3 aliphatic heterocycles. The number of allylic oxidation sites excluding steroid dienone is 6. The van der Waals surface area contributed by atoms with Crippen molar-refractivity contribution < 1.29 is 67.4 Å². The van der Waals surface area contributed by atoms with Crippen LogP contribution < -0.4 is 5.32 Å². The van der Waals surface area contributed by atoms with Gasteiger partial charge in [0, 0.05) is 58.5 Å². The van der Waals surface area contributed by atoms with E-state index in [0.29, 0.717) is 69.8 Å². The largest absolute Gasteiger partial charge is 0.460 e. The molecule has 0 spiro atoms. The van der Waals surface area contributed by atoms with E-state index in [1.807, 2.05) is 57.2 Å². The fourth-order valence-corrected chi connectivity index (χ4v) is 10.5. The Hall–Kier alpha value is -4.57. The summed E-state index contributed by atoms with van der Waals surface area (Å²) in [6.07, 6.45) is 9.52. The van der Waals surface area contributed by atoms with Crippen LogP contribution in [0.15, 0.2) is 47.6 Å². The number of nitriles is 1. The third-order valence-electron chi connectivity index (χ3n) is 15.0. The van der Waals surface area contributed by atoms with E-state index in [1.165, 1.54) is 19.1 Å². The third-order valence-corrected chi connectivity index (χ3v) is 15.0. The second-order valence-corrected chi connectivity index (χ2v) is 20.5. The van der Waals surface area contributed by atoms with E-state index in [-0.39, 0.29) is 49.3 Å². The van der Waals surface area contributed by atoms with E-state index in [1.54, 1.807) is 40.9 Å². The molecule has 4 aliphatic rings. The Kier molecular flexibility index (Phi) is 23.3. The van der Waals surface area contributed by atoms with Gasteiger partial charge in [0.05, 0.1) is 24.4 Å². The molecule has 15 atom stereocenters. The van der Waals surface area contributed by atoms with Gasteiger partial charge in [-0.15, -0.1) is 0 Å². The molecule has 3 fully saturated rings. The van der Waals surface area contributed by atoms with E-state index in [2.05, 4.69) is 5.32 Å². The molecule has 396 valence electrons. The Morgan fingerprint density at radius 2 is 1.65 bits per heavy atom. The average molecular weight is 996 g/mol. The van der Waals surface area contributed by atoms with E-state index in [9.17, 15) is 39.0 Å². The summed E-state index contributed by atoms with van der Waals surface area (Å²) in [7, 11) is 4.46. The zero-order chi connectivity index (χ0) is 52.6. The minimum atomic E-state index is -2.46. The standard InChI is InChI=1S/C54H81N3O14/c1-32-16-12-11-13-17-33(2)44(66-8)30-40-21-19-38(7)54(65,71-40)50(61)51(62)57-25-15-14-18-41(57)52(63)69-45(31-42(58)34(3)27-37(6)48(60)49(68-10)47(59)36(5)26-32)35(4)28-39-20-22-43(46(29-39)67-9)70-53(64)56-24-23-55/h11-13,16-17,27,32,34-36,38-41,43-46,48-49,60,65H,14-15,18-22,24-26,28-31H2,1-10H3,(H,56,64)/b13-11+,16-12-,33-17+,37-27+/t32?,34?,35?,36-,38-,39?,40?,41+,43-,44?,45?,46?,48-,49?,54-/m1/s1. The lowest BCUT2D eigenvalue weighted by Gasteiger charge is -2.42. The summed E-state index contributed by atoms with van der Waals surface area (Å²) in [5.41, 5.74) is 1.22. The van der Waals surface area contributed by atoms with Crippen LogP contribution >= 0.6 is 0 Å². The quantitative estimate of drug-likeness (QED) is 0.103. The van der Waals surface area contributed by atoms with Gasteiger partial charge in [-0.1, -0.05) is 71.1 Å². The molecule has 71 heavy (non-hydrogen) atoms. The van der Waals surface area contributed by atoms with Crippen LogP contribution in [0.4, 0.5) is 4.79 Å². The fourth-order valence-electron chi connectivity index (χ4n) is 10.5. The number of hydrogen-bond acceptors (Lipinski definition) is 15. The molecule has 2 saturated heterocycles. The number of amides is 2. The Morgan fingerprint density at radius 3 is 2.32 bits per heavy atom. The third kappa shape index (κ3) is 16.2. The summed E-state index contributed by atoms with van der Waals surface area (Å²) >= 11 is 0. The first-order valence-corrected chi connectivity index (χ1v) is 25.5. The Labute approximate surface area is 420 Å². The SMILES string of the molecule is COC1CC2CC[C@@H](C)[C@@](O)(O2)C(=O)C(=O)N2CCCC[C@H]2C(=O)OC(C(C)CC2CC[C@@H](OC(=O)NCC#N)C(OC)C2)CC(=O)C(C)/C=C(\C)[C@@H](O)C(OC)C(=O)[C@H](C)CC(C)\C=C/C=C/C=C/1C. The first-order valence-electron chi connectivity index (χ1n) is 25.5. The maximum atomic E-state index is 14.5. The molecule has 1 saturated carbocycles. The van der Waals surface area contributed by atoms with Crippen molar-refractivity contribution in [1.29, 1.82) is 5.26 Å². The summed E-state index contributed by atoms with van der Waals surface area (Å²) in [6, 6.07) is 0.657. The topological polar surface area (TPSA) is 237 Å². The van der Waals surface area contributed by atoms with Crippen LogP contribution in [-0.2, 0) is 52.4 Å². The monoisotopic (exact) mass is 996 g/mol. The highest BCUT2D eigenvalue weighted by Crippen LogP contribution is 2.38.